The molecule has 1 heterocycles. The first-order chi connectivity index (χ1) is 13.8. The lowest BCUT2D eigenvalue weighted by Gasteiger charge is -2.34. The van der Waals surface area contributed by atoms with Gasteiger partial charge in [0.25, 0.3) is 5.91 Å². The van der Waals surface area contributed by atoms with Crippen molar-refractivity contribution in [3.05, 3.63) is 65.2 Å². The summed E-state index contributed by atoms with van der Waals surface area (Å²) >= 11 is 0. The number of rotatable bonds is 6. The Balaban J connectivity index is 1.68. The van der Waals surface area contributed by atoms with E-state index in [1.807, 2.05) is 43.3 Å². The number of amides is 1. The van der Waals surface area contributed by atoms with Crippen molar-refractivity contribution in [2.24, 2.45) is 0 Å². The highest BCUT2D eigenvalue weighted by Gasteiger charge is 2.39. The fourth-order valence-electron chi connectivity index (χ4n) is 3.22. The molecule has 1 aliphatic rings. The largest absolute Gasteiger partial charge is 0.454 e. The van der Waals surface area contributed by atoms with Crippen molar-refractivity contribution >= 4 is 27.6 Å². The van der Waals surface area contributed by atoms with Gasteiger partial charge in [-0.25, -0.2) is 8.42 Å². The smallest absolute Gasteiger partial charge is 0.325 e. The molecule has 0 radical (unpaired) electrons. The van der Waals surface area contributed by atoms with Gasteiger partial charge in [-0.2, -0.15) is 4.31 Å². The van der Waals surface area contributed by atoms with E-state index in [2.05, 4.69) is 5.32 Å². The molecule has 0 aromatic heterocycles. The van der Waals surface area contributed by atoms with E-state index >= 15 is 0 Å². The van der Waals surface area contributed by atoms with Gasteiger partial charge in [-0.3, -0.25) is 9.59 Å². The third-order valence-corrected chi connectivity index (χ3v) is 6.71. The van der Waals surface area contributed by atoms with Crippen molar-refractivity contribution in [3.63, 3.8) is 0 Å². The maximum Gasteiger partial charge on any atom is 0.325 e. The summed E-state index contributed by atoms with van der Waals surface area (Å²) in [6.07, 6.45) is 0.216. The zero-order valence-corrected chi connectivity index (χ0v) is 17.2. The summed E-state index contributed by atoms with van der Waals surface area (Å²) in [6.45, 7) is 3.10. The molecule has 7 nitrogen and oxygen atoms in total. The molecule has 0 unspecified atom stereocenters. The summed E-state index contributed by atoms with van der Waals surface area (Å²) in [4.78, 5) is 24.8. The van der Waals surface area contributed by atoms with E-state index in [1.54, 1.807) is 12.1 Å². The van der Waals surface area contributed by atoms with Crippen LogP contribution in [0.3, 0.4) is 0 Å². The fraction of sp³-hybridized carbons (Fsp3) is 0.333. The Bertz CT molecular complexity index is 1000. The quantitative estimate of drug-likeness (QED) is 0.729. The van der Waals surface area contributed by atoms with E-state index < -0.39 is 34.5 Å². The molecule has 1 amide bonds. The molecule has 1 aliphatic heterocycles. The molecule has 0 fully saturated rings. The average molecular weight is 416 g/mol. The van der Waals surface area contributed by atoms with Crippen LogP contribution in [0.15, 0.2) is 48.5 Å². The molecule has 154 valence electrons. The summed E-state index contributed by atoms with van der Waals surface area (Å²) in [5, 5.41) is 2.65. The summed E-state index contributed by atoms with van der Waals surface area (Å²) in [5.41, 5.74) is 3.43. The Kier molecular flexibility index (Phi) is 6.34. The fourth-order valence-corrected chi connectivity index (χ4v) is 4.44. The molecule has 2 aromatic rings. The number of anilines is 1. The van der Waals surface area contributed by atoms with Gasteiger partial charge in [0.2, 0.25) is 10.0 Å². The number of carbonyl (C=O) groups excluding carboxylic acids is 2. The zero-order chi connectivity index (χ0) is 21.0. The summed E-state index contributed by atoms with van der Waals surface area (Å²) in [6, 6.07) is 13.6. The van der Waals surface area contributed by atoms with E-state index in [0.29, 0.717) is 5.69 Å². The van der Waals surface area contributed by atoms with Crippen LogP contribution in [-0.4, -0.2) is 43.0 Å². The number of esters is 1. The first-order valence-electron chi connectivity index (χ1n) is 9.39. The minimum Gasteiger partial charge on any atom is -0.454 e. The van der Waals surface area contributed by atoms with Crippen molar-refractivity contribution in [2.45, 2.75) is 32.9 Å². The van der Waals surface area contributed by atoms with Gasteiger partial charge in [0.05, 0.1) is 5.75 Å². The van der Waals surface area contributed by atoms with Gasteiger partial charge < -0.3 is 10.1 Å². The molecule has 0 spiro atoms. The Morgan fingerprint density at radius 3 is 2.41 bits per heavy atom. The monoisotopic (exact) mass is 416 g/mol. The van der Waals surface area contributed by atoms with Gasteiger partial charge in [-0.1, -0.05) is 42.0 Å². The Morgan fingerprint density at radius 2 is 1.76 bits per heavy atom. The van der Waals surface area contributed by atoms with Crippen LogP contribution in [0.25, 0.3) is 0 Å². The number of nitrogens with one attached hydrogen (secondary N) is 1. The van der Waals surface area contributed by atoms with Gasteiger partial charge in [-0.15, -0.1) is 0 Å². The summed E-state index contributed by atoms with van der Waals surface area (Å²) < 4.78 is 31.4. The number of carbonyl (C=O) groups is 2. The van der Waals surface area contributed by atoms with Crippen LogP contribution in [0.5, 0.6) is 0 Å². The Morgan fingerprint density at radius 1 is 1.10 bits per heavy atom. The number of fused-ring (bicyclic) bond motifs is 1. The lowest BCUT2D eigenvalue weighted by atomic mass is 9.96. The highest BCUT2D eigenvalue weighted by molar-refractivity contribution is 7.89. The number of aryl methyl sites for hydroxylation is 1. The lowest BCUT2D eigenvalue weighted by Crippen LogP contribution is -2.50. The van der Waals surface area contributed by atoms with Crippen molar-refractivity contribution < 1.29 is 22.7 Å². The zero-order valence-electron chi connectivity index (χ0n) is 16.4. The second-order valence-corrected chi connectivity index (χ2v) is 9.17. The van der Waals surface area contributed by atoms with Crippen LogP contribution in [0.1, 0.15) is 23.6 Å². The molecule has 0 bridgehead atoms. The first-order valence-corrected chi connectivity index (χ1v) is 11.0. The van der Waals surface area contributed by atoms with Crippen LogP contribution in [-0.2, 0) is 37.3 Å². The maximum atomic E-state index is 12.7. The topological polar surface area (TPSA) is 92.8 Å². The van der Waals surface area contributed by atoms with E-state index in [4.69, 9.17) is 4.74 Å². The maximum absolute atomic E-state index is 12.7. The number of sulfonamides is 1. The molecule has 0 aliphatic carbocycles. The third-order valence-electron chi connectivity index (χ3n) is 4.88. The number of nitrogens with zero attached hydrogens (tertiary/aromatic N) is 1. The van der Waals surface area contributed by atoms with Gasteiger partial charge in [-0.05, 0) is 37.1 Å². The predicted molar refractivity (Wildman–Crippen MR) is 110 cm³/mol. The minimum absolute atomic E-state index is 0.113. The van der Waals surface area contributed by atoms with Crippen LogP contribution in [0.4, 0.5) is 5.69 Å². The Labute approximate surface area is 170 Å². The molecule has 1 N–H and O–H groups in total. The highest BCUT2D eigenvalue weighted by Crippen LogP contribution is 2.26. The molecule has 29 heavy (non-hydrogen) atoms. The third kappa shape index (κ3) is 5.02. The molecular formula is C21H24N2O5S. The van der Waals surface area contributed by atoms with E-state index in [-0.39, 0.29) is 18.7 Å². The van der Waals surface area contributed by atoms with Crippen molar-refractivity contribution in [2.75, 3.05) is 17.7 Å². The van der Waals surface area contributed by atoms with Crippen molar-refractivity contribution in [1.29, 1.82) is 0 Å². The van der Waals surface area contributed by atoms with Crippen LogP contribution < -0.4 is 5.32 Å². The van der Waals surface area contributed by atoms with Crippen molar-refractivity contribution in [1.82, 2.24) is 4.31 Å². The van der Waals surface area contributed by atoms with Crippen LogP contribution >= 0.6 is 0 Å². The molecule has 3 rings (SSSR count). The molecule has 8 heteroatoms. The lowest BCUT2D eigenvalue weighted by molar-refractivity contribution is -0.151. The highest BCUT2D eigenvalue weighted by atomic mass is 32.2. The molecule has 0 saturated carbocycles. The summed E-state index contributed by atoms with van der Waals surface area (Å²) in [5.74, 6) is -1.33. The number of hydrogen-bond donors (Lipinski definition) is 1. The van der Waals surface area contributed by atoms with Crippen molar-refractivity contribution in [3.8, 4) is 0 Å². The second kappa shape index (κ2) is 8.75. The SMILES string of the molecule is CCS(=O)(=O)N1Cc2ccccc2C[C@@H]1C(=O)OCC(=O)Nc1ccc(C)cc1. The van der Waals surface area contributed by atoms with Gasteiger partial charge >= 0.3 is 5.97 Å². The van der Waals surface area contributed by atoms with Crippen LogP contribution in [0, 0.1) is 6.92 Å². The number of hydrogen-bond acceptors (Lipinski definition) is 5. The molecule has 2 aromatic carbocycles. The second-order valence-electron chi connectivity index (χ2n) is 6.96. The first kappa shape index (κ1) is 21.0. The minimum atomic E-state index is -3.62. The Hall–Kier alpha value is -2.71. The van der Waals surface area contributed by atoms with E-state index in [9.17, 15) is 18.0 Å². The number of benzene rings is 2. The normalized spacial score (nSPS) is 16.7. The van der Waals surface area contributed by atoms with Crippen LogP contribution in [0.2, 0.25) is 0 Å². The van der Waals surface area contributed by atoms with Gasteiger partial charge in [0.15, 0.2) is 6.61 Å². The molecular weight excluding hydrogens is 392 g/mol. The predicted octanol–water partition coefficient (Wildman–Crippen LogP) is 2.25. The standard InChI is InChI=1S/C21H24N2O5S/c1-3-29(26,27)23-13-17-7-5-4-6-16(17)12-19(23)21(25)28-14-20(24)22-18-10-8-15(2)9-11-18/h4-11,19H,3,12-14H2,1-2H3,(H,22,24)/t19-/m1/s1. The summed E-state index contributed by atoms with van der Waals surface area (Å²) in [7, 11) is -3.62. The van der Waals surface area contributed by atoms with Gasteiger partial charge in [0.1, 0.15) is 6.04 Å². The number of ether oxygens (including phenoxy) is 1. The van der Waals surface area contributed by atoms with E-state index in [1.165, 1.54) is 11.2 Å². The molecule has 1 atom stereocenters. The van der Waals surface area contributed by atoms with E-state index in [0.717, 1.165) is 16.7 Å². The average Bonchev–Trinajstić information content (AvgIpc) is 2.72. The van der Waals surface area contributed by atoms with Gasteiger partial charge in [0, 0.05) is 18.7 Å². The molecule has 0 saturated heterocycles.